The van der Waals surface area contributed by atoms with Crippen LogP contribution in [0.25, 0.3) is 0 Å². The second-order valence-corrected chi connectivity index (χ2v) is 9.26. The van der Waals surface area contributed by atoms with Gasteiger partial charge in [-0.25, -0.2) is 17.9 Å². The molecule has 1 aliphatic rings. The zero-order valence-corrected chi connectivity index (χ0v) is 17.6. The zero-order valence-electron chi connectivity index (χ0n) is 16.8. The van der Waals surface area contributed by atoms with Crippen molar-refractivity contribution in [2.45, 2.75) is 50.0 Å². The average molecular weight is 416 g/mol. The van der Waals surface area contributed by atoms with Crippen LogP contribution >= 0.6 is 0 Å². The van der Waals surface area contributed by atoms with Crippen LogP contribution in [0.4, 0.5) is 10.5 Å². The summed E-state index contributed by atoms with van der Waals surface area (Å²) in [6, 6.07) is 16.0. The van der Waals surface area contributed by atoms with Gasteiger partial charge in [-0.3, -0.25) is 0 Å². The highest BCUT2D eigenvalue weighted by molar-refractivity contribution is 7.89. The molecule has 1 saturated heterocycles. The number of rotatable bonds is 7. The van der Waals surface area contributed by atoms with E-state index in [0.29, 0.717) is 12.1 Å². The molecule has 1 fully saturated rings. The molecule has 3 rings (SSSR count). The minimum atomic E-state index is -3.60. The molecule has 0 unspecified atom stereocenters. The van der Waals surface area contributed by atoms with Gasteiger partial charge in [-0.05, 0) is 68.9 Å². The first-order valence-corrected chi connectivity index (χ1v) is 11.6. The Morgan fingerprint density at radius 3 is 2.31 bits per heavy atom. The number of carbonyl (C=O) groups is 1. The van der Waals surface area contributed by atoms with Crippen LogP contribution < -0.4 is 10.0 Å². The number of nitrogens with zero attached hydrogens (tertiary/aromatic N) is 1. The fraction of sp³-hybridized carbons (Fsp3) is 0.409. The summed E-state index contributed by atoms with van der Waals surface area (Å²) in [6.45, 7) is 3.40. The molecule has 2 aromatic carbocycles. The summed E-state index contributed by atoms with van der Waals surface area (Å²) < 4.78 is 28.0. The van der Waals surface area contributed by atoms with Crippen molar-refractivity contribution in [3.8, 4) is 0 Å². The molecule has 0 aliphatic carbocycles. The van der Waals surface area contributed by atoms with Gasteiger partial charge in [-0.2, -0.15) is 0 Å². The largest absolute Gasteiger partial charge is 0.325 e. The van der Waals surface area contributed by atoms with Crippen LogP contribution in [0.15, 0.2) is 59.5 Å². The predicted molar refractivity (Wildman–Crippen MR) is 115 cm³/mol. The molecular weight excluding hydrogens is 386 g/mol. The van der Waals surface area contributed by atoms with Gasteiger partial charge in [0.15, 0.2) is 0 Å². The summed E-state index contributed by atoms with van der Waals surface area (Å²) in [5.74, 6) is 0. The Balaban J connectivity index is 1.54. The molecule has 0 spiro atoms. The molecule has 1 heterocycles. The molecule has 0 bridgehead atoms. The third-order valence-electron chi connectivity index (χ3n) is 5.12. The molecule has 29 heavy (non-hydrogen) atoms. The fourth-order valence-corrected chi connectivity index (χ4v) is 4.71. The highest BCUT2D eigenvalue weighted by Gasteiger charge is 2.19. The molecule has 0 aromatic heterocycles. The summed E-state index contributed by atoms with van der Waals surface area (Å²) in [6.07, 6.45) is 4.74. The van der Waals surface area contributed by atoms with Gasteiger partial charge in [0, 0.05) is 24.8 Å². The second kappa shape index (κ2) is 9.89. The van der Waals surface area contributed by atoms with Gasteiger partial charge >= 0.3 is 6.03 Å². The highest BCUT2D eigenvalue weighted by Crippen LogP contribution is 2.17. The van der Waals surface area contributed by atoms with Crippen molar-refractivity contribution >= 4 is 21.7 Å². The van der Waals surface area contributed by atoms with Crippen molar-refractivity contribution in [1.82, 2.24) is 9.62 Å². The zero-order chi connectivity index (χ0) is 20.7. The number of anilines is 1. The Hall–Kier alpha value is -2.38. The topological polar surface area (TPSA) is 78.5 Å². The molecule has 6 nitrogen and oxygen atoms in total. The number of likely N-dealkylation sites (tertiary alicyclic amines) is 1. The molecule has 0 radical (unpaired) electrons. The Morgan fingerprint density at radius 2 is 1.66 bits per heavy atom. The maximum Gasteiger partial charge on any atom is 0.321 e. The van der Waals surface area contributed by atoms with Crippen LogP contribution in [0.2, 0.25) is 0 Å². The quantitative estimate of drug-likeness (QED) is 0.717. The first kappa shape index (κ1) is 21.3. The van der Waals surface area contributed by atoms with Gasteiger partial charge in [0.05, 0.1) is 4.90 Å². The molecule has 0 saturated carbocycles. The molecule has 2 amide bonds. The van der Waals surface area contributed by atoms with E-state index in [4.69, 9.17) is 0 Å². The van der Waals surface area contributed by atoms with E-state index in [9.17, 15) is 13.2 Å². The lowest BCUT2D eigenvalue weighted by Crippen LogP contribution is -2.38. The van der Waals surface area contributed by atoms with Crippen molar-refractivity contribution in [2.75, 3.05) is 18.4 Å². The number of nitrogens with one attached hydrogen (secondary N) is 2. The summed E-state index contributed by atoms with van der Waals surface area (Å²) in [5, 5.41) is 2.84. The number of piperidine rings is 1. The van der Waals surface area contributed by atoms with E-state index < -0.39 is 10.0 Å². The lowest BCUT2D eigenvalue weighted by atomic mass is 10.1. The van der Waals surface area contributed by atoms with Crippen LogP contribution in [-0.4, -0.2) is 38.5 Å². The molecular formula is C22H29N3O3S. The number of hydrogen-bond donors (Lipinski definition) is 2. The Bertz CT molecular complexity index is 893. The Labute approximate surface area is 173 Å². The molecule has 1 aliphatic heterocycles. The van der Waals surface area contributed by atoms with Crippen molar-refractivity contribution < 1.29 is 13.2 Å². The van der Waals surface area contributed by atoms with Crippen molar-refractivity contribution in [2.24, 2.45) is 0 Å². The van der Waals surface area contributed by atoms with Crippen molar-refractivity contribution in [3.05, 3.63) is 60.2 Å². The summed E-state index contributed by atoms with van der Waals surface area (Å²) in [5.41, 5.74) is 1.78. The van der Waals surface area contributed by atoms with Crippen molar-refractivity contribution in [1.29, 1.82) is 0 Å². The molecule has 2 N–H and O–H groups in total. The van der Waals surface area contributed by atoms with E-state index in [2.05, 4.69) is 10.0 Å². The standard InChI is InChI=1S/C22H29N3O3S/c1-18(10-11-19-8-4-2-5-9-19)24-29(27,28)21-14-12-20(13-15-21)23-22(26)25-16-6-3-7-17-25/h2,4-5,8-9,12-15,18,24H,3,6-7,10-11,16-17H2,1H3,(H,23,26)/t18-/m0/s1. The van der Waals surface area contributed by atoms with Crippen molar-refractivity contribution in [3.63, 3.8) is 0 Å². The monoisotopic (exact) mass is 415 g/mol. The van der Waals surface area contributed by atoms with Gasteiger partial charge in [-0.15, -0.1) is 0 Å². The summed E-state index contributed by atoms with van der Waals surface area (Å²) in [4.78, 5) is 14.3. The van der Waals surface area contributed by atoms with E-state index in [0.717, 1.165) is 38.8 Å². The minimum absolute atomic E-state index is 0.132. The number of aryl methyl sites for hydroxylation is 1. The van der Waals surface area contributed by atoms with E-state index in [1.165, 1.54) is 17.7 Å². The SMILES string of the molecule is C[C@@H](CCc1ccccc1)NS(=O)(=O)c1ccc(NC(=O)N2CCCCC2)cc1. The number of sulfonamides is 1. The molecule has 7 heteroatoms. The first-order chi connectivity index (χ1) is 13.9. The van der Waals surface area contributed by atoms with Gasteiger partial charge < -0.3 is 10.2 Å². The molecule has 2 aromatic rings. The second-order valence-electron chi connectivity index (χ2n) is 7.55. The lowest BCUT2D eigenvalue weighted by molar-refractivity contribution is 0.200. The minimum Gasteiger partial charge on any atom is -0.325 e. The van der Waals surface area contributed by atoms with Gasteiger partial charge in [0.2, 0.25) is 10.0 Å². The van der Waals surface area contributed by atoms with Crippen LogP contribution in [0.3, 0.4) is 0 Å². The maximum atomic E-state index is 12.6. The van der Waals surface area contributed by atoms with Crippen LogP contribution in [-0.2, 0) is 16.4 Å². The predicted octanol–water partition coefficient (Wildman–Crippen LogP) is 4.00. The fourth-order valence-electron chi connectivity index (χ4n) is 3.44. The van der Waals surface area contributed by atoms with Crippen LogP contribution in [0.1, 0.15) is 38.2 Å². The number of amides is 2. The first-order valence-electron chi connectivity index (χ1n) is 10.2. The Morgan fingerprint density at radius 1 is 1.00 bits per heavy atom. The maximum absolute atomic E-state index is 12.6. The van der Waals surface area contributed by atoms with E-state index in [1.54, 1.807) is 17.0 Å². The molecule has 1 atom stereocenters. The summed E-state index contributed by atoms with van der Waals surface area (Å²) >= 11 is 0. The van der Waals surface area contributed by atoms with Crippen LogP contribution in [0, 0.1) is 0 Å². The lowest BCUT2D eigenvalue weighted by Gasteiger charge is -2.26. The van der Waals surface area contributed by atoms with Crippen LogP contribution in [0.5, 0.6) is 0 Å². The van der Waals surface area contributed by atoms with Gasteiger partial charge in [0.25, 0.3) is 0 Å². The summed E-state index contributed by atoms with van der Waals surface area (Å²) in [7, 11) is -3.60. The normalized spacial score (nSPS) is 15.7. The Kier molecular flexibility index (Phi) is 7.28. The highest BCUT2D eigenvalue weighted by atomic mass is 32.2. The van der Waals surface area contributed by atoms with E-state index in [-0.39, 0.29) is 17.0 Å². The van der Waals surface area contributed by atoms with E-state index >= 15 is 0 Å². The number of carbonyl (C=O) groups excluding carboxylic acids is 1. The number of urea groups is 1. The van der Waals surface area contributed by atoms with E-state index in [1.807, 2.05) is 37.3 Å². The molecule has 156 valence electrons. The third kappa shape index (κ3) is 6.30. The van der Waals surface area contributed by atoms with Gasteiger partial charge in [-0.1, -0.05) is 30.3 Å². The van der Waals surface area contributed by atoms with Gasteiger partial charge in [0.1, 0.15) is 0 Å². The number of hydrogen-bond acceptors (Lipinski definition) is 3. The third-order valence-corrected chi connectivity index (χ3v) is 6.73. The smallest absolute Gasteiger partial charge is 0.321 e. The number of benzene rings is 2. The average Bonchev–Trinajstić information content (AvgIpc) is 2.74.